The first-order chi connectivity index (χ1) is 15.0. The Balaban J connectivity index is 1.95. The van der Waals surface area contributed by atoms with Gasteiger partial charge in [0, 0.05) is 35.1 Å². The van der Waals surface area contributed by atoms with Gasteiger partial charge in [0.2, 0.25) is 0 Å². The molecule has 1 heterocycles. The number of rotatable bonds is 4. The van der Waals surface area contributed by atoms with Crippen LogP contribution in [0.3, 0.4) is 0 Å². The number of alkyl halides is 3. The molecule has 0 spiro atoms. The molecule has 0 saturated carbocycles. The Kier molecular flexibility index (Phi) is 5.81. The molecule has 3 rings (SSSR count). The molecule has 3 N–H and O–H groups in total. The van der Waals surface area contributed by atoms with Crippen molar-refractivity contribution >= 4 is 29.6 Å². The number of hydrogen-bond acceptors (Lipinski definition) is 5. The van der Waals surface area contributed by atoms with E-state index < -0.39 is 30.2 Å². The van der Waals surface area contributed by atoms with E-state index in [9.17, 15) is 22.8 Å². The summed E-state index contributed by atoms with van der Waals surface area (Å²) in [5, 5.41) is 26.0. The molecule has 0 aliphatic carbocycles. The van der Waals surface area contributed by atoms with Crippen LogP contribution in [0.1, 0.15) is 39.0 Å². The average Bonchev–Trinajstić information content (AvgIpc) is 3.21. The Hall–Kier alpha value is -4.07. The summed E-state index contributed by atoms with van der Waals surface area (Å²) in [6.07, 6.45) is -5.50. The largest absolute Gasteiger partial charge is 0.465 e. The van der Waals surface area contributed by atoms with Gasteiger partial charge < -0.3 is 15.3 Å². The maximum atomic E-state index is 13.7. The number of anilines is 2. The highest BCUT2D eigenvalue weighted by Crippen LogP contribution is 2.47. The van der Waals surface area contributed by atoms with Crippen molar-refractivity contribution in [1.29, 1.82) is 5.26 Å². The van der Waals surface area contributed by atoms with E-state index in [-0.39, 0.29) is 28.1 Å². The number of halogens is 3. The van der Waals surface area contributed by atoms with E-state index in [0.29, 0.717) is 11.1 Å². The van der Waals surface area contributed by atoms with Gasteiger partial charge in [0.15, 0.2) is 0 Å². The van der Waals surface area contributed by atoms with Crippen LogP contribution in [0.15, 0.2) is 35.5 Å². The van der Waals surface area contributed by atoms with Crippen molar-refractivity contribution in [3.8, 4) is 6.07 Å². The molecule has 0 radical (unpaired) electrons. The predicted octanol–water partition coefficient (Wildman–Crippen LogP) is 4.68. The molecular formula is C21H17F3N4O4. The second-order valence-electron chi connectivity index (χ2n) is 7.19. The van der Waals surface area contributed by atoms with Gasteiger partial charge in [0.05, 0.1) is 11.6 Å². The molecule has 0 bridgehead atoms. The molecule has 0 fully saturated rings. The number of carbonyl (C=O) groups is 2. The van der Waals surface area contributed by atoms with Crippen molar-refractivity contribution in [1.82, 2.24) is 0 Å². The van der Waals surface area contributed by atoms with E-state index in [2.05, 4.69) is 15.8 Å². The lowest BCUT2D eigenvalue weighted by Gasteiger charge is -2.30. The molecule has 1 unspecified atom stereocenters. The molecule has 8 nitrogen and oxygen atoms in total. The normalized spacial score (nSPS) is 17.4. The summed E-state index contributed by atoms with van der Waals surface area (Å²) in [4.78, 5) is 28.4. The Morgan fingerprint density at radius 2 is 1.81 bits per heavy atom. The van der Waals surface area contributed by atoms with Crippen LogP contribution in [-0.2, 0) is 10.4 Å². The summed E-state index contributed by atoms with van der Waals surface area (Å²) in [7, 11) is 0. The summed E-state index contributed by atoms with van der Waals surface area (Å²) in [6, 6.07) is 8.15. The predicted molar refractivity (Wildman–Crippen MR) is 109 cm³/mol. The monoisotopic (exact) mass is 446 g/mol. The Bertz CT molecular complexity index is 1140. The highest BCUT2D eigenvalue weighted by atomic mass is 19.4. The number of nitrogens with zero attached hydrogens (tertiary/aromatic N) is 2. The molecule has 0 saturated heterocycles. The standard InChI is InChI=1S/C21H17F3N4O4/c1-11-5-15(20(21(22,23)24)3-4-26-32-20)6-12(2)17(11)28-18(29)14-7-13(10-25)8-16(9-14)27-19(30)31/h4-9,27H,3H2,1-2H3,(H,28,29)(H,30,31). The topological polar surface area (TPSA) is 124 Å². The SMILES string of the molecule is Cc1cc(C2(C(F)(F)F)CC=NO2)cc(C)c1NC(=O)c1cc(C#N)cc(NC(=O)O)c1. The molecule has 0 aromatic heterocycles. The van der Waals surface area contributed by atoms with Crippen LogP contribution in [0.2, 0.25) is 0 Å². The summed E-state index contributed by atoms with van der Waals surface area (Å²) in [6.45, 7) is 3.07. The number of amides is 2. The van der Waals surface area contributed by atoms with Crippen molar-refractivity contribution in [2.45, 2.75) is 32.0 Å². The first-order valence-electron chi connectivity index (χ1n) is 9.22. The summed E-state index contributed by atoms with van der Waals surface area (Å²) in [5.74, 6) is -0.666. The number of nitrogens with one attached hydrogen (secondary N) is 2. The lowest BCUT2D eigenvalue weighted by atomic mass is 9.87. The molecule has 32 heavy (non-hydrogen) atoms. The zero-order chi connectivity index (χ0) is 23.7. The third kappa shape index (κ3) is 4.20. The summed E-state index contributed by atoms with van der Waals surface area (Å²) >= 11 is 0. The molecular weight excluding hydrogens is 429 g/mol. The van der Waals surface area contributed by atoms with Crippen molar-refractivity contribution in [2.24, 2.45) is 5.16 Å². The molecule has 2 aromatic carbocycles. The van der Waals surface area contributed by atoms with Gasteiger partial charge in [-0.2, -0.15) is 18.4 Å². The number of benzene rings is 2. The third-order valence-electron chi connectivity index (χ3n) is 4.93. The molecule has 11 heteroatoms. The van der Waals surface area contributed by atoms with Gasteiger partial charge in [-0.05, 0) is 55.3 Å². The van der Waals surface area contributed by atoms with Gasteiger partial charge in [-0.15, -0.1) is 0 Å². The van der Waals surface area contributed by atoms with E-state index in [1.54, 1.807) is 0 Å². The van der Waals surface area contributed by atoms with E-state index in [1.807, 2.05) is 6.07 Å². The fraction of sp³-hybridized carbons (Fsp3) is 0.238. The number of carboxylic acid groups (broad SMARTS) is 1. The third-order valence-corrected chi connectivity index (χ3v) is 4.93. The smallest absolute Gasteiger partial charge is 0.435 e. The van der Waals surface area contributed by atoms with E-state index in [0.717, 1.165) is 6.21 Å². The van der Waals surface area contributed by atoms with Crippen LogP contribution in [0.4, 0.5) is 29.3 Å². The lowest BCUT2D eigenvalue weighted by molar-refractivity contribution is -0.275. The van der Waals surface area contributed by atoms with Crippen LogP contribution >= 0.6 is 0 Å². The van der Waals surface area contributed by atoms with Crippen LogP contribution in [-0.4, -0.2) is 29.5 Å². The Morgan fingerprint density at radius 3 is 2.31 bits per heavy atom. The maximum Gasteiger partial charge on any atom is 0.435 e. The fourth-order valence-corrected chi connectivity index (χ4v) is 3.43. The minimum absolute atomic E-state index is 0.00466. The quantitative estimate of drug-likeness (QED) is 0.629. The van der Waals surface area contributed by atoms with Gasteiger partial charge in [-0.25, -0.2) is 4.79 Å². The summed E-state index contributed by atoms with van der Waals surface area (Å²) in [5.41, 5.74) is -1.67. The highest BCUT2D eigenvalue weighted by molar-refractivity contribution is 6.06. The number of hydrogen-bond donors (Lipinski definition) is 3. The van der Waals surface area contributed by atoms with Crippen LogP contribution in [0.5, 0.6) is 0 Å². The number of aryl methyl sites for hydroxylation is 2. The fourth-order valence-electron chi connectivity index (χ4n) is 3.43. The van der Waals surface area contributed by atoms with Gasteiger partial charge in [-0.1, -0.05) is 5.16 Å². The number of oxime groups is 1. The van der Waals surface area contributed by atoms with Crippen molar-refractivity contribution in [2.75, 3.05) is 10.6 Å². The van der Waals surface area contributed by atoms with Gasteiger partial charge in [-0.3, -0.25) is 10.1 Å². The average molecular weight is 446 g/mol. The first-order valence-corrected chi connectivity index (χ1v) is 9.22. The second-order valence-corrected chi connectivity index (χ2v) is 7.19. The van der Waals surface area contributed by atoms with Gasteiger partial charge in [0.1, 0.15) is 0 Å². The zero-order valence-electron chi connectivity index (χ0n) is 16.9. The molecule has 1 aliphatic heterocycles. The van der Waals surface area contributed by atoms with Crippen LogP contribution in [0.25, 0.3) is 0 Å². The lowest BCUT2D eigenvalue weighted by Crippen LogP contribution is -2.42. The van der Waals surface area contributed by atoms with Crippen LogP contribution in [0, 0.1) is 25.2 Å². The van der Waals surface area contributed by atoms with E-state index >= 15 is 0 Å². The first kappa shape index (κ1) is 22.6. The van der Waals surface area contributed by atoms with Gasteiger partial charge in [0.25, 0.3) is 11.5 Å². The molecule has 2 amide bonds. The Labute approximate surface area is 180 Å². The van der Waals surface area contributed by atoms with E-state index in [4.69, 9.17) is 15.2 Å². The molecule has 2 aromatic rings. The minimum Gasteiger partial charge on any atom is -0.465 e. The molecule has 166 valence electrons. The molecule has 1 aliphatic rings. The zero-order valence-corrected chi connectivity index (χ0v) is 16.9. The molecule has 1 atom stereocenters. The van der Waals surface area contributed by atoms with Crippen LogP contribution < -0.4 is 10.6 Å². The Morgan fingerprint density at radius 1 is 1.16 bits per heavy atom. The number of nitriles is 1. The minimum atomic E-state index is -4.71. The van der Waals surface area contributed by atoms with Crippen molar-refractivity contribution in [3.63, 3.8) is 0 Å². The number of carbonyl (C=O) groups excluding carboxylic acids is 1. The van der Waals surface area contributed by atoms with Crippen molar-refractivity contribution in [3.05, 3.63) is 58.1 Å². The highest BCUT2D eigenvalue weighted by Gasteiger charge is 2.60. The second kappa shape index (κ2) is 8.22. The van der Waals surface area contributed by atoms with Gasteiger partial charge >= 0.3 is 12.3 Å². The van der Waals surface area contributed by atoms with Crippen molar-refractivity contribution < 1.29 is 32.7 Å². The summed E-state index contributed by atoms with van der Waals surface area (Å²) < 4.78 is 41.2. The maximum absolute atomic E-state index is 13.7. The van der Waals surface area contributed by atoms with E-state index in [1.165, 1.54) is 44.2 Å².